The van der Waals surface area contributed by atoms with Gasteiger partial charge in [-0.3, -0.25) is 4.40 Å². The van der Waals surface area contributed by atoms with E-state index in [-0.39, 0.29) is 35.5 Å². The lowest BCUT2D eigenvalue weighted by Crippen LogP contribution is -2.14. The van der Waals surface area contributed by atoms with Crippen LogP contribution in [0.5, 0.6) is 0 Å². The van der Waals surface area contributed by atoms with Crippen molar-refractivity contribution in [2.45, 2.75) is 5.92 Å². The molecule has 0 aliphatic carbocycles. The molecule has 0 unspecified atom stereocenters. The summed E-state index contributed by atoms with van der Waals surface area (Å²) >= 11 is 0. The Morgan fingerprint density at radius 3 is 1.56 bits per heavy atom. The summed E-state index contributed by atoms with van der Waals surface area (Å²) in [5.41, 5.74) is -1.59. The average molecular weight is 593 g/mol. The molecule has 0 N–H and O–H groups in total. The summed E-state index contributed by atoms with van der Waals surface area (Å²) in [4.78, 5) is 0. The third kappa shape index (κ3) is 4.08. The van der Waals surface area contributed by atoms with Crippen LogP contribution < -0.4 is 0 Å². The van der Waals surface area contributed by atoms with E-state index in [1.807, 2.05) is 0 Å². The van der Waals surface area contributed by atoms with E-state index < -0.39 is 74.7 Å². The number of aromatic nitrogens is 1. The average Bonchev–Trinajstić information content (AvgIpc) is 3.46. The molecule has 7 aromatic rings. The molecule has 0 aliphatic rings. The van der Waals surface area contributed by atoms with Gasteiger partial charge in [0.1, 0.15) is 46.5 Å². The molecule has 2 heterocycles. The monoisotopic (exact) mass is 593 g/mol. The summed E-state index contributed by atoms with van der Waals surface area (Å²) in [6.07, 6.45) is 0. The molecule has 0 atom stereocenters. The molecule has 0 aliphatic heterocycles. The Bertz CT molecular complexity index is 2120. The van der Waals surface area contributed by atoms with E-state index in [0.29, 0.717) is 34.1 Å². The number of fused-ring (bicyclic) bond motifs is 5. The third-order valence-corrected chi connectivity index (χ3v) is 7.46. The number of halogens is 8. The predicted molar refractivity (Wildman–Crippen MR) is 144 cm³/mol. The van der Waals surface area contributed by atoms with Crippen LogP contribution in [0.1, 0.15) is 22.6 Å². The lowest BCUT2D eigenvalue weighted by molar-refractivity contribution is 0.496. The summed E-state index contributed by atoms with van der Waals surface area (Å²) < 4.78 is 128. The van der Waals surface area contributed by atoms with Gasteiger partial charge in [0.2, 0.25) is 5.71 Å². The number of rotatable bonds is 4. The molecule has 0 radical (unpaired) electrons. The molecular weight excluding hydrogens is 578 g/mol. The second-order valence-corrected chi connectivity index (χ2v) is 9.96. The topological polar surface area (TPSA) is 17.6 Å². The molecule has 0 amide bonds. The highest BCUT2D eigenvalue weighted by Crippen LogP contribution is 2.44. The first-order chi connectivity index (χ1) is 20.6. The van der Waals surface area contributed by atoms with Gasteiger partial charge in [0.15, 0.2) is 5.58 Å². The Morgan fingerprint density at radius 2 is 1.00 bits per heavy atom. The van der Waals surface area contributed by atoms with Crippen molar-refractivity contribution < 1.29 is 39.5 Å². The van der Waals surface area contributed by atoms with Gasteiger partial charge in [-0.15, -0.1) is 0 Å². The second-order valence-electron chi connectivity index (χ2n) is 9.96. The fourth-order valence-electron chi connectivity index (χ4n) is 5.76. The van der Waals surface area contributed by atoms with Crippen LogP contribution in [0, 0.1) is 46.5 Å². The van der Waals surface area contributed by atoms with Crippen molar-refractivity contribution in [2.75, 3.05) is 0 Å². The SMILES string of the molecule is Fc1cc(F)c(C(c2cc(F)c(-c3c4ccccc4n4c3oc3ccccc34)c(F)c2)c2c(F)cc(F)cc2F)c(F)c1. The molecule has 0 spiro atoms. The van der Waals surface area contributed by atoms with Crippen LogP contribution >= 0.6 is 0 Å². The minimum atomic E-state index is -2.17. The van der Waals surface area contributed by atoms with Crippen LogP contribution in [0.4, 0.5) is 35.1 Å². The smallest absolute Gasteiger partial charge is 0.214 e. The van der Waals surface area contributed by atoms with Crippen LogP contribution in [-0.4, -0.2) is 4.40 Å². The molecule has 0 bridgehead atoms. The van der Waals surface area contributed by atoms with Crippen molar-refractivity contribution in [3.63, 3.8) is 0 Å². The standard InChI is InChI=1S/C33H15F8NO/c34-16-11-21(38)30(22(39)12-16)28(31-23(40)13-17(35)14-24(31)41)15-9-19(36)32(20(37)10-15)29-18-5-1-2-6-25(18)42-26-7-3-4-8-27(26)43-33(29)42/h1-14,28H. The summed E-state index contributed by atoms with van der Waals surface area (Å²) in [6.45, 7) is 0. The lowest BCUT2D eigenvalue weighted by atomic mass is 9.83. The van der Waals surface area contributed by atoms with Gasteiger partial charge in [-0.25, -0.2) is 35.1 Å². The molecule has 2 aromatic heterocycles. The van der Waals surface area contributed by atoms with Crippen LogP contribution in [0.2, 0.25) is 0 Å². The number of para-hydroxylation sites is 3. The molecule has 2 nitrogen and oxygen atoms in total. The number of hydrogen-bond acceptors (Lipinski definition) is 1. The first-order valence-corrected chi connectivity index (χ1v) is 12.8. The molecule has 214 valence electrons. The van der Waals surface area contributed by atoms with Gasteiger partial charge >= 0.3 is 0 Å². The zero-order valence-corrected chi connectivity index (χ0v) is 21.5. The predicted octanol–water partition coefficient (Wildman–Crippen LogP) is 9.80. The Hall–Kier alpha value is -5.12. The van der Waals surface area contributed by atoms with Gasteiger partial charge in [-0.2, -0.15) is 0 Å². The molecule has 0 saturated heterocycles. The summed E-state index contributed by atoms with van der Waals surface area (Å²) in [7, 11) is 0. The van der Waals surface area contributed by atoms with E-state index in [1.54, 1.807) is 52.9 Å². The highest BCUT2D eigenvalue weighted by Gasteiger charge is 2.33. The van der Waals surface area contributed by atoms with E-state index in [9.17, 15) is 8.78 Å². The maximum absolute atomic E-state index is 16.1. The maximum Gasteiger partial charge on any atom is 0.214 e. The van der Waals surface area contributed by atoms with Crippen molar-refractivity contribution in [2.24, 2.45) is 0 Å². The molecule has 7 rings (SSSR count). The number of oxazole rings is 1. The highest BCUT2D eigenvalue weighted by atomic mass is 19.2. The largest absolute Gasteiger partial charge is 0.438 e. The minimum absolute atomic E-state index is 0.0307. The second kappa shape index (κ2) is 9.72. The van der Waals surface area contributed by atoms with Gasteiger partial charge in [-0.05, 0) is 35.9 Å². The number of nitrogens with zero attached hydrogens (tertiary/aromatic N) is 1. The first kappa shape index (κ1) is 26.8. The maximum atomic E-state index is 16.1. The van der Waals surface area contributed by atoms with Crippen LogP contribution in [0.3, 0.4) is 0 Å². The van der Waals surface area contributed by atoms with Crippen molar-refractivity contribution in [3.8, 4) is 11.1 Å². The Kier molecular flexibility index (Phi) is 6.05. The van der Waals surface area contributed by atoms with Gasteiger partial charge in [0.25, 0.3) is 0 Å². The van der Waals surface area contributed by atoms with Gasteiger partial charge in [-0.1, -0.05) is 30.3 Å². The number of benzene rings is 5. The summed E-state index contributed by atoms with van der Waals surface area (Å²) in [5.74, 6) is -13.6. The summed E-state index contributed by atoms with van der Waals surface area (Å²) in [6, 6.07) is 16.1. The Morgan fingerprint density at radius 1 is 0.512 bits per heavy atom. The van der Waals surface area contributed by atoms with E-state index in [0.717, 1.165) is 0 Å². The molecule has 43 heavy (non-hydrogen) atoms. The molecule has 5 aromatic carbocycles. The molecule has 0 fully saturated rings. The molecule has 0 saturated carbocycles. The van der Waals surface area contributed by atoms with Gasteiger partial charge in [0.05, 0.1) is 22.2 Å². The highest BCUT2D eigenvalue weighted by molar-refractivity contribution is 6.07. The van der Waals surface area contributed by atoms with E-state index in [4.69, 9.17) is 4.42 Å². The Balaban J connectivity index is 1.52. The Labute approximate surface area is 237 Å². The fourth-order valence-corrected chi connectivity index (χ4v) is 5.76. The van der Waals surface area contributed by atoms with Crippen LogP contribution in [0.15, 0.2) is 89.3 Å². The van der Waals surface area contributed by atoms with Crippen molar-refractivity contribution >= 4 is 27.7 Å². The zero-order valence-electron chi connectivity index (χ0n) is 21.5. The van der Waals surface area contributed by atoms with E-state index in [2.05, 4.69) is 0 Å². The normalized spacial score (nSPS) is 11.9. The van der Waals surface area contributed by atoms with Crippen LogP contribution in [-0.2, 0) is 0 Å². The van der Waals surface area contributed by atoms with Crippen molar-refractivity contribution in [1.29, 1.82) is 0 Å². The quantitative estimate of drug-likeness (QED) is 0.147. The molecule has 10 heteroatoms. The van der Waals surface area contributed by atoms with E-state index in [1.165, 1.54) is 0 Å². The summed E-state index contributed by atoms with van der Waals surface area (Å²) in [5, 5.41) is 0.417. The van der Waals surface area contributed by atoms with Crippen molar-refractivity contribution in [1.82, 2.24) is 4.40 Å². The first-order valence-electron chi connectivity index (χ1n) is 12.8. The van der Waals surface area contributed by atoms with Gasteiger partial charge in [0, 0.05) is 46.7 Å². The lowest BCUT2D eigenvalue weighted by Gasteiger charge is -2.22. The van der Waals surface area contributed by atoms with E-state index >= 15 is 26.3 Å². The zero-order chi connectivity index (χ0) is 30.2. The third-order valence-electron chi connectivity index (χ3n) is 7.46. The van der Waals surface area contributed by atoms with Crippen LogP contribution in [0.25, 0.3) is 38.8 Å². The number of hydrogen-bond donors (Lipinski definition) is 0. The van der Waals surface area contributed by atoms with Crippen molar-refractivity contribution in [3.05, 3.63) is 148 Å². The fraction of sp³-hybridized carbons (Fsp3) is 0.0303. The minimum Gasteiger partial charge on any atom is -0.438 e. The molecular formula is C33H15F8NO. The van der Waals surface area contributed by atoms with Gasteiger partial charge < -0.3 is 4.42 Å².